The van der Waals surface area contributed by atoms with Crippen molar-refractivity contribution < 1.29 is 4.74 Å². The first-order chi connectivity index (χ1) is 7.46. The zero-order chi connectivity index (χ0) is 11.8. The minimum Gasteiger partial charge on any atom is -0.493 e. The minimum atomic E-state index is -0.199. The van der Waals surface area contributed by atoms with E-state index in [4.69, 9.17) is 10.5 Å². The lowest BCUT2D eigenvalue weighted by molar-refractivity contribution is 0.283. The molecule has 1 aliphatic rings. The lowest BCUT2D eigenvalue weighted by Gasteiger charge is -2.25. The highest BCUT2D eigenvalue weighted by Crippen LogP contribution is 2.33. The Labute approximate surface area is 105 Å². The number of halogens is 1. The van der Waals surface area contributed by atoms with Crippen molar-refractivity contribution in [2.24, 2.45) is 5.73 Å². The first kappa shape index (κ1) is 11.9. The summed E-state index contributed by atoms with van der Waals surface area (Å²) in [5, 5.41) is 0. The van der Waals surface area contributed by atoms with Gasteiger partial charge in [-0.1, -0.05) is 15.9 Å². The fourth-order valence-corrected chi connectivity index (χ4v) is 2.69. The molecule has 2 nitrogen and oxygen atoms in total. The molecule has 2 rings (SSSR count). The predicted octanol–water partition coefficient (Wildman–Crippen LogP) is 3.05. The van der Waals surface area contributed by atoms with Gasteiger partial charge >= 0.3 is 0 Å². The van der Waals surface area contributed by atoms with Crippen molar-refractivity contribution in [1.29, 1.82) is 0 Å². The van der Waals surface area contributed by atoms with Crippen LogP contribution in [-0.4, -0.2) is 12.1 Å². The van der Waals surface area contributed by atoms with Gasteiger partial charge in [0.1, 0.15) is 5.75 Å². The largest absolute Gasteiger partial charge is 0.493 e. The number of aryl methyl sites for hydroxylation is 1. The Kier molecular flexibility index (Phi) is 3.27. The fourth-order valence-electron chi connectivity index (χ4n) is 2.14. The summed E-state index contributed by atoms with van der Waals surface area (Å²) in [7, 11) is 0. The predicted molar refractivity (Wildman–Crippen MR) is 69.9 cm³/mol. The third-order valence-corrected chi connectivity index (χ3v) is 3.15. The first-order valence-electron chi connectivity index (χ1n) is 5.69. The number of ether oxygens (including phenoxy) is 1. The van der Waals surface area contributed by atoms with E-state index in [1.54, 1.807) is 0 Å². The second kappa shape index (κ2) is 4.38. The molecule has 0 unspecified atom stereocenters. The summed E-state index contributed by atoms with van der Waals surface area (Å²) in [6.07, 6.45) is 3.05. The summed E-state index contributed by atoms with van der Waals surface area (Å²) < 4.78 is 6.90. The SMILES string of the molecule is CC(C)(N)Cc1cc(Br)cc2c1OCCC2. The molecule has 0 saturated heterocycles. The van der Waals surface area contributed by atoms with E-state index < -0.39 is 0 Å². The van der Waals surface area contributed by atoms with Gasteiger partial charge in [-0.15, -0.1) is 0 Å². The molecule has 0 aliphatic carbocycles. The minimum absolute atomic E-state index is 0.199. The third kappa shape index (κ3) is 2.77. The number of hydrogen-bond donors (Lipinski definition) is 1. The molecular weight excluding hydrogens is 266 g/mol. The van der Waals surface area contributed by atoms with E-state index in [0.29, 0.717) is 0 Å². The highest BCUT2D eigenvalue weighted by molar-refractivity contribution is 9.10. The maximum atomic E-state index is 6.08. The van der Waals surface area contributed by atoms with Gasteiger partial charge in [-0.25, -0.2) is 0 Å². The van der Waals surface area contributed by atoms with Gasteiger partial charge < -0.3 is 10.5 Å². The molecule has 0 aromatic heterocycles. The summed E-state index contributed by atoms with van der Waals surface area (Å²) >= 11 is 3.55. The van der Waals surface area contributed by atoms with Crippen LogP contribution in [0.2, 0.25) is 0 Å². The topological polar surface area (TPSA) is 35.2 Å². The van der Waals surface area contributed by atoms with Crippen LogP contribution in [0.4, 0.5) is 0 Å². The lowest BCUT2D eigenvalue weighted by Crippen LogP contribution is -2.34. The van der Waals surface area contributed by atoms with Crippen molar-refractivity contribution in [2.45, 2.75) is 38.6 Å². The van der Waals surface area contributed by atoms with Crippen molar-refractivity contribution in [3.05, 3.63) is 27.7 Å². The van der Waals surface area contributed by atoms with Crippen molar-refractivity contribution in [2.75, 3.05) is 6.61 Å². The zero-order valence-corrected chi connectivity index (χ0v) is 11.4. The average molecular weight is 284 g/mol. The van der Waals surface area contributed by atoms with Gasteiger partial charge in [-0.3, -0.25) is 0 Å². The standard InChI is InChI=1S/C13H18BrNO/c1-13(2,15)8-10-7-11(14)6-9-4-3-5-16-12(9)10/h6-7H,3-5,8,15H2,1-2H3. The number of rotatable bonds is 2. The van der Waals surface area contributed by atoms with E-state index in [1.807, 2.05) is 13.8 Å². The Hall–Kier alpha value is -0.540. The first-order valence-corrected chi connectivity index (χ1v) is 6.48. The molecule has 2 N–H and O–H groups in total. The number of benzene rings is 1. The van der Waals surface area contributed by atoms with Crippen LogP contribution in [0.25, 0.3) is 0 Å². The molecule has 0 amide bonds. The van der Waals surface area contributed by atoms with Crippen molar-refractivity contribution in [1.82, 2.24) is 0 Å². The molecular formula is C13H18BrNO. The van der Waals surface area contributed by atoms with E-state index in [-0.39, 0.29) is 5.54 Å². The van der Waals surface area contributed by atoms with E-state index >= 15 is 0 Å². The summed E-state index contributed by atoms with van der Waals surface area (Å²) in [6, 6.07) is 4.28. The number of fused-ring (bicyclic) bond motifs is 1. The normalized spacial score (nSPS) is 15.5. The average Bonchev–Trinajstić information content (AvgIpc) is 2.14. The van der Waals surface area contributed by atoms with E-state index in [9.17, 15) is 0 Å². The monoisotopic (exact) mass is 283 g/mol. The highest BCUT2D eigenvalue weighted by atomic mass is 79.9. The molecule has 1 aliphatic heterocycles. The van der Waals surface area contributed by atoms with Crippen LogP contribution in [0.1, 0.15) is 31.4 Å². The maximum Gasteiger partial charge on any atom is 0.125 e. The van der Waals surface area contributed by atoms with Crippen LogP contribution < -0.4 is 10.5 Å². The molecule has 0 spiro atoms. The van der Waals surface area contributed by atoms with Crippen molar-refractivity contribution in [3.63, 3.8) is 0 Å². The summed E-state index contributed by atoms with van der Waals surface area (Å²) in [6.45, 7) is 4.92. The van der Waals surface area contributed by atoms with Crippen LogP contribution in [0.5, 0.6) is 5.75 Å². The highest BCUT2D eigenvalue weighted by Gasteiger charge is 2.20. The summed E-state index contributed by atoms with van der Waals surface area (Å²) in [5.74, 6) is 1.06. The quantitative estimate of drug-likeness (QED) is 0.906. The van der Waals surface area contributed by atoms with Crippen LogP contribution >= 0.6 is 15.9 Å². The third-order valence-electron chi connectivity index (χ3n) is 2.69. The van der Waals surface area contributed by atoms with Crippen LogP contribution in [0.15, 0.2) is 16.6 Å². The molecule has 16 heavy (non-hydrogen) atoms. The molecule has 3 heteroatoms. The molecule has 0 fully saturated rings. The zero-order valence-electron chi connectivity index (χ0n) is 9.85. The van der Waals surface area contributed by atoms with E-state index in [0.717, 1.165) is 36.1 Å². The molecule has 0 atom stereocenters. The van der Waals surface area contributed by atoms with Gasteiger partial charge in [0.15, 0.2) is 0 Å². The van der Waals surface area contributed by atoms with Gasteiger partial charge in [0.2, 0.25) is 0 Å². The molecule has 1 heterocycles. The molecule has 1 aromatic carbocycles. The van der Waals surface area contributed by atoms with E-state index in [2.05, 4.69) is 28.1 Å². The van der Waals surface area contributed by atoms with Gasteiger partial charge in [0, 0.05) is 10.0 Å². The van der Waals surface area contributed by atoms with Crippen LogP contribution in [-0.2, 0) is 12.8 Å². The Morgan fingerprint density at radius 3 is 2.88 bits per heavy atom. The Morgan fingerprint density at radius 1 is 1.44 bits per heavy atom. The Balaban J connectivity index is 2.39. The van der Waals surface area contributed by atoms with E-state index in [1.165, 1.54) is 11.1 Å². The maximum absolute atomic E-state index is 6.08. The second-order valence-electron chi connectivity index (χ2n) is 5.17. The molecule has 0 saturated carbocycles. The molecule has 0 bridgehead atoms. The summed E-state index contributed by atoms with van der Waals surface area (Å²) in [4.78, 5) is 0. The fraction of sp³-hybridized carbons (Fsp3) is 0.538. The number of hydrogen-bond acceptors (Lipinski definition) is 2. The van der Waals surface area contributed by atoms with Gasteiger partial charge in [0.05, 0.1) is 6.61 Å². The van der Waals surface area contributed by atoms with Crippen LogP contribution in [0.3, 0.4) is 0 Å². The second-order valence-corrected chi connectivity index (χ2v) is 6.09. The lowest BCUT2D eigenvalue weighted by atomic mass is 9.92. The van der Waals surface area contributed by atoms with Crippen molar-refractivity contribution in [3.8, 4) is 5.75 Å². The van der Waals surface area contributed by atoms with Crippen molar-refractivity contribution >= 4 is 15.9 Å². The smallest absolute Gasteiger partial charge is 0.125 e. The Bertz CT molecular complexity index is 396. The van der Waals surface area contributed by atoms with Gasteiger partial charge in [-0.05, 0) is 56.4 Å². The molecule has 0 radical (unpaired) electrons. The Morgan fingerprint density at radius 2 is 2.19 bits per heavy atom. The number of nitrogens with two attached hydrogens (primary N) is 1. The summed E-state index contributed by atoms with van der Waals surface area (Å²) in [5.41, 5.74) is 8.41. The molecule has 88 valence electrons. The van der Waals surface area contributed by atoms with Crippen LogP contribution in [0, 0.1) is 0 Å². The van der Waals surface area contributed by atoms with Gasteiger partial charge in [-0.2, -0.15) is 0 Å². The van der Waals surface area contributed by atoms with Gasteiger partial charge in [0.25, 0.3) is 0 Å². The molecule has 1 aromatic rings.